The zero-order valence-corrected chi connectivity index (χ0v) is 29.1. The number of benzene rings is 5. The summed E-state index contributed by atoms with van der Waals surface area (Å²) in [6, 6.07) is 41.8. The Morgan fingerprint density at radius 2 is 1.50 bits per heavy atom. The summed E-state index contributed by atoms with van der Waals surface area (Å²) in [5.74, 6) is 2.69. The zero-order chi connectivity index (χ0) is 34.6. The molecule has 1 nitrogen and oxygen atoms in total. The van der Waals surface area contributed by atoms with Gasteiger partial charge in [0.15, 0.2) is 0 Å². The number of para-hydroxylation sites is 1. The number of allylic oxidation sites excluding steroid dienone is 10. The third kappa shape index (κ3) is 6.02. The third-order valence-corrected chi connectivity index (χ3v) is 9.93. The minimum atomic E-state index is 0.771. The van der Waals surface area contributed by atoms with Gasteiger partial charge in [-0.15, -0.1) is 6.42 Å². The van der Waals surface area contributed by atoms with Gasteiger partial charge < -0.3 is 4.57 Å². The maximum atomic E-state index is 5.70. The van der Waals surface area contributed by atoms with E-state index in [-0.39, 0.29) is 0 Å². The summed E-state index contributed by atoms with van der Waals surface area (Å²) in [5.41, 5.74) is 17.1. The molecule has 242 valence electrons. The molecule has 1 aromatic heterocycles. The molecular weight excluding hydrogens is 603 g/mol. The number of hydrogen-bond acceptors (Lipinski definition) is 0. The summed E-state index contributed by atoms with van der Waals surface area (Å²) >= 11 is 0. The molecular formula is C49H41N. The van der Waals surface area contributed by atoms with Crippen LogP contribution in [0.1, 0.15) is 59.7 Å². The number of aromatic nitrogens is 1. The summed E-state index contributed by atoms with van der Waals surface area (Å²) in [4.78, 5) is 0. The second-order valence-electron chi connectivity index (χ2n) is 12.8. The summed E-state index contributed by atoms with van der Waals surface area (Å²) in [5, 5.41) is 2.45. The molecule has 0 spiro atoms. The predicted molar refractivity (Wildman–Crippen MR) is 217 cm³/mol. The van der Waals surface area contributed by atoms with E-state index in [2.05, 4.69) is 177 Å². The number of nitrogens with zero attached hydrogens (tertiary/aromatic N) is 1. The van der Waals surface area contributed by atoms with Crippen LogP contribution in [0.25, 0.3) is 44.2 Å². The van der Waals surface area contributed by atoms with E-state index >= 15 is 0 Å². The second-order valence-corrected chi connectivity index (χ2v) is 12.8. The highest BCUT2D eigenvalue weighted by molar-refractivity contribution is 6.11. The highest BCUT2D eigenvalue weighted by Crippen LogP contribution is 2.40. The lowest BCUT2D eigenvalue weighted by Crippen LogP contribution is -2.05. The van der Waals surface area contributed by atoms with Gasteiger partial charge in [-0.05, 0) is 125 Å². The second kappa shape index (κ2) is 14.2. The van der Waals surface area contributed by atoms with Gasteiger partial charge in [-0.1, -0.05) is 134 Å². The molecule has 0 bridgehead atoms. The Labute approximate surface area is 296 Å². The van der Waals surface area contributed by atoms with Crippen LogP contribution in [0.2, 0.25) is 0 Å². The Kier molecular flexibility index (Phi) is 9.20. The quantitative estimate of drug-likeness (QED) is 0.120. The first-order chi connectivity index (χ1) is 24.5. The normalized spacial score (nSPS) is 16.0. The highest BCUT2D eigenvalue weighted by atomic mass is 15.0. The first kappa shape index (κ1) is 32.4. The van der Waals surface area contributed by atoms with Crippen molar-refractivity contribution in [3.63, 3.8) is 0 Å². The van der Waals surface area contributed by atoms with Crippen LogP contribution in [0.3, 0.4) is 0 Å². The van der Waals surface area contributed by atoms with Crippen molar-refractivity contribution in [1.82, 2.24) is 4.57 Å². The van der Waals surface area contributed by atoms with Crippen molar-refractivity contribution >= 4 is 44.2 Å². The van der Waals surface area contributed by atoms with Gasteiger partial charge in [0.1, 0.15) is 0 Å². The van der Waals surface area contributed by atoms with E-state index in [1.807, 2.05) is 6.08 Å². The van der Waals surface area contributed by atoms with Crippen molar-refractivity contribution in [3.05, 3.63) is 203 Å². The van der Waals surface area contributed by atoms with Crippen molar-refractivity contribution in [3.8, 4) is 12.3 Å². The monoisotopic (exact) mass is 643 g/mol. The Hall–Kier alpha value is -6.10. The molecule has 0 N–H and O–H groups in total. The molecule has 1 aliphatic rings. The van der Waals surface area contributed by atoms with Crippen LogP contribution >= 0.6 is 0 Å². The number of fused-ring (bicyclic) bond motifs is 4. The van der Waals surface area contributed by atoms with E-state index in [9.17, 15) is 0 Å². The van der Waals surface area contributed by atoms with Crippen LogP contribution in [-0.4, -0.2) is 4.57 Å². The van der Waals surface area contributed by atoms with Gasteiger partial charge in [-0.2, -0.15) is 0 Å². The molecule has 0 saturated heterocycles. The molecule has 50 heavy (non-hydrogen) atoms. The number of hydrogen-bond donors (Lipinski definition) is 0. The molecule has 0 aliphatic heterocycles. The molecule has 0 saturated carbocycles. The van der Waals surface area contributed by atoms with Crippen LogP contribution in [-0.2, 0) is 12.8 Å². The summed E-state index contributed by atoms with van der Waals surface area (Å²) < 4.78 is 2.36. The fourth-order valence-corrected chi connectivity index (χ4v) is 7.48. The van der Waals surface area contributed by atoms with E-state index in [4.69, 9.17) is 6.42 Å². The molecule has 0 fully saturated rings. The largest absolute Gasteiger partial charge is 0.310 e. The fraction of sp³-hybridized carbons (Fsp3) is 0.102. The third-order valence-electron chi connectivity index (χ3n) is 9.93. The topological polar surface area (TPSA) is 4.93 Å². The summed E-state index contributed by atoms with van der Waals surface area (Å²) in [6.07, 6.45) is 19.9. The Bertz CT molecular complexity index is 2460. The maximum Gasteiger partial charge on any atom is 0.0544 e. The van der Waals surface area contributed by atoms with Gasteiger partial charge in [0.25, 0.3) is 0 Å². The molecule has 0 unspecified atom stereocenters. The van der Waals surface area contributed by atoms with Crippen LogP contribution in [0, 0.1) is 12.3 Å². The van der Waals surface area contributed by atoms with Gasteiger partial charge >= 0.3 is 0 Å². The minimum absolute atomic E-state index is 0.771. The van der Waals surface area contributed by atoms with Crippen molar-refractivity contribution in [2.45, 2.75) is 33.6 Å². The lowest BCUT2D eigenvalue weighted by molar-refractivity contribution is 1.14. The van der Waals surface area contributed by atoms with Gasteiger partial charge in [0.05, 0.1) is 11.0 Å². The standard InChI is InChI=1S/C49H41N/c1-6-9-23-40(7-2)50-48-27-18-17-26-44(48)47-33-46(45-31-38-22-13-15-24-42(38)34(4)28-29-35(45)5)39(32-49(47)50)30-37-21-14-16-25-43(37)41(8-3)36-19-11-10-12-20-36/h1,7-29,32-33H,4,30-31H2,2-3,5H3/b23-9-,29-28-,40-7+,41-8-,45-35+. The Morgan fingerprint density at radius 1 is 0.760 bits per heavy atom. The van der Waals surface area contributed by atoms with Gasteiger partial charge in [-0.25, -0.2) is 0 Å². The van der Waals surface area contributed by atoms with Crippen LogP contribution in [0.15, 0.2) is 164 Å². The first-order valence-electron chi connectivity index (χ1n) is 17.3. The molecule has 1 heterocycles. The minimum Gasteiger partial charge on any atom is -0.310 e. The molecule has 1 aliphatic carbocycles. The number of rotatable bonds is 7. The molecule has 6 aromatic rings. The maximum absolute atomic E-state index is 5.70. The summed E-state index contributed by atoms with van der Waals surface area (Å²) in [7, 11) is 0. The van der Waals surface area contributed by atoms with Gasteiger partial charge in [0.2, 0.25) is 0 Å². The van der Waals surface area contributed by atoms with Crippen molar-refractivity contribution in [1.29, 1.82) is 0 Å². The Balaban J connectivity index is 1.52. The van der Waals surface area contributed by atoms with E-state index in [1.165, 1.54) is 72.0 Å². The van der Waals surface area contributed by atoms with Crippen LogP contribution < -0.4 is 0 Å². The van der Waals surface area contributed by atoms with Gasteiger partial charge in [-0.3, -0.25) is 0 Å². The van der Waals surface area contributed by atoms with E-state index < -0.39 is 0 Å². The lowest BCUT2D eigenvalue weighted by atomic mass is 9.83. The molecule has 1 heteroatoms. The molecule has 0 atom stereocenters. The van der Waals surface area contributed by atoms with E-state index in [0.29, 0.717) is 0 Å². The first-order valence-corrected chi connectivity index (χ1v) is 17.3. The predicted octanol–water partition coefficient (Wildman–Crippen LogP) is 12.5. The van der Waals surface area contributed by atoms with Crippen LogP contribution in [0.4, 0.5) is 0 Å². The average molecular weight is 644 g/mol. The molecule has 7 rings (SSSR count). The molecule has 0 radical (unpaired) electrons. The van der Waals surface area contributed by atoms with Crippen molar-refractivity contribution < 1.29 is 0 Å². The zero-order valence-electron chi connectivity index (χ0n) is 29.1. The van der Waals surface area contributed by atoms with E-state index in [1.54, 1.807) is 6.08 Å². The Morgan fingerprint density at radius 3 is 2.30 bits per heavy atom. The van der Waals surface area contributed by atoms with E-state index in [0.717, 1.165) is 29.6 Å². The molecule has 0 amide bonds. The lowest BCUT2D eigenvalue weighted by Gasteiger charge is -2.22. The fourth-order valence-electron chi connectivity index (χ4n) is 7.48. The smallest absolute Gasteiger partial charge is 0.0544 e. The highest BCUT2D eigenvalue weighted by Gasteiger charge is 2.21. The average Bonchev–Trinajstić information content (AvgIpc) is 3.47. The van der Waals surface area contributed by atoms with Crippen LogP contribution in [0.5, 0.6) is 0 Å². The van der Waals surface area contributed by atoms with Crippen molar-refractivity contribution in [2.24, 2.45) is 0 Å². The number of terminal acetylenes is 1. The van der Waals surface area contributed by atoms with Crippen molar-refractivity contribution in [2.75, 3.05) is 0 Å². The SMILES string of the molecule is C#C/C=C\C(=C/C)n1c2ccccc2c2cc(/C3=C(C)/C=C\C(=C)c4ccccc4C3)c(Cc3ccccc3/C(=C\C)c3ccccc3)cc21. The van der Waals surface area contributed by atoms with Gasteiger partial charge in [0, 0.05) is 16.5 Å². The molecule has 5 aromatic carbocycles. The summed E-state index contributed by atoms with van der Waals surface area (Å²) in [6.45, 7) is 10.9.